The molecule has 5 aromatic rings. The van der Waals surface area contributed by atoms with Gasteiger partial charge in [-0.05, 0) is 35.7 Å². The number of nitrogens with one attached hydrogen (secondary N) is 2. The number of hydrogen-bond acceptors (Lipinski definition) is 10. The number of amidine groups is 1. The molecule has 0 fully saturated rings. The van der Waals surface area contributed by atoms with E-state index in [1.54, 1.807) is 30.8 Å². The Kier molecular flexibility index (Phi) is 6.15. The maximum absolute atomic E-state index is 6.09. The number of pyridine rings is 1. The quantitative estimate of drug-likeness (QED) is 0.142. The smallest absolute Gasteiger partial charge is 0.259 e. The zero-order chi connectivity index (χ0) is 24.0. The summed E-state index contributed by atoms with van der Waals surface area (Å²) < 4.78 is 6.70. The number of hydrazone groups is 1. The lowest BCUT2D eigenvalue weighted by molar-refractivity contribution is 0.577. The predicted octanol–water partition coefficient (Wildman–Crippen LogP) is 1.82. The lowest BCUT2D eigenvalue weighted by Crippen LogP contribution is -2.19. The van der Waals surface area contributed by atoms with Gasteiger partial charge in [-0.2, -0.15) is 24.6 Å². The summed E-state index contributed by atoms with van der Waals surface area (Å²) in [6, 6.07) is 15.3. The minimum absolute atomic E-state index is 0.180. The van der Waals surface area contributed by atoms with E-state index >= 15 is 0 Å². The van der Waals surface area contributed by atoms with Crippen LogP contribution in [0.3, 0.4) is 0 Å². The van der Waals surface area contributed by atoms with Gasteiger partial charge in [0.2, 0.25) is 17.7 Å². The number of nitrogen functional groups attached to an aromatic ring is 1. The molecule has 0 radical (unpaired) electrons. The Labute approximate surface area is 200 Å². The summed E-state index contributed by atoms with van der Waals surface area (Å²) >= 11 is 0. The molecule has 0 aliphatic carbocycles. The SMILES string of the molecule is N/C(=N\NCc1cccnc1)c1ccc(CCNc2nc(N)n3nc(-c4ccco4)nc3n2)cc1. The van der Waals surface area contributed by atoms with Gasteiger partial charge in [0.15, 0.2) is 11.6 Å². The molecule has 0 bridgehead atoms. The van der Waals surface area contributed by atoms with Crippen LogP contribution < -0.4 is 22.2 Å². The highest BCUT2D eigenvalue weighted by Crippen LogP contribution is 2.17. The van der Waals surface area contributed by atoms with E-state index < -0.39 is 0 Å². The van der Waals surface area contributed by atoms with Crippen LogP contribution in [-0.2, 0) is 13.0 Å². The lowest BCUT2D eigenvalue weighted by Gasteiger charge is -2.07. The molecule has 12 nitrogen and oxygen atoms in total. The third kappa shape index (κ3) is 5.16. The molecule has 0 atom stereocenters. The highest BCUT2D eigenvalue weighted by molar-refractivity contribution is 5.97. The van der Waals surface area contributed by atoms with Crippen LogP contribution in [0.4, 0.5) is 11.9 Å². The zero-order valence-corrected chi connectivity index (χ0v) is 18.7. The van der Waals surface area contributed by atoms with Gasteiger partial charge in [-0.15, -0.1) is 5.10 Å². The first kappa shape index (κ1) is 21.8. The van der Waals surface area contributed by atoms with Gasteiger partial charge in [-0.1, -0.05) is 30.3 Å². The normalized spacial score (nSPS) is 11.6. The first-order valence-electron chi connectivity index (χ1n) is 10.9. The number of fused-ring (bicyclic) bond motifs is 1. The molecule has 6 N–H and O–H groups in total. The number of furan rings is 1. The number of hydrogen-bond donors (Lipinski definition) is 4. The van der Waals surface area contributed by atoms with Crippen molar-refractivity contribution in [2.45, 2.75) is 13.0 Å². The molecule has 0 unspecified atom stereocenters. The summed E-state index contributed by atoms with van der Waals surface area (Å²) in [5, 5.41) is 11.7. The molecule has 4 aromatic heterocycles. The average molecular weight is 470 g/mol. The fraction of sp³-hybridized carbons (Fsp3) is 0.130. The third-order valence-corrected chi connectivity index (χ3v) is 5.13. The molecule has 176 valence electrons. The third-order valence-electron chi connectivity index (χ3n) is 5.13. The minimum Gasteiger partial charge on any atom is -0.461 e. The van der Waals surface area contributed by atoms with Gasteiger partial charge < -0.3 is 26.6 Å². The van der Waals surface area contributed by atoms with Crippen molar-refractivity contribution in [3.63, 3.8) is 0 Å². The van der Waals surface area contributed by atoms with Crippen molar-refractivity contribution in [1.29, 1.82) is 0 Å². The fourth-order valence-corrected chi connectivity index (χ4v) is 3.34. The van der Waals surface area contributed by atoms with Gasteiger partial charge in [0.25, 0.3) is 5.78 Å². The summed E-state index contributed by atoms with van der Waals surface area (Å²) in [5.74, 6) is 2.23. The monoisotopic (exact) mass is 469 g/mol. The van der Waals surface area contributed by atoms with Gasteiger partial charge in [-0.3, -0.25) is 4.98 Å². The van der Waals surface area contributed by atoms with E-state index in [1.165, 1.54) is 4.52 Å². The Morgan fingerprint density at radius 3 is 2.69 bits per heavy atom. The van der Waals surface area contributed by atoms with Crippen LogP contribution in [0.2, 0.25) is 0 Å². The molecule has 4 heterocycles. The molecular formula is C23H23N11O. The van der Waals surface area contributed by atoms with Crippen molar-refractivity contribution >= 4 is 23.5 Å². The highest BCUT2D eigenvalue weighted by Gasteiger charge is 2.13. The van der Waals surface area contributed by atoms with E-state index in [0.717, 1.165) is 23.1 Å². The number of nitrogens with zero attached hydrogens (tertiary/aromatic N) is 7. The van der Waals surface area contributed by atoms with Crippen LogP contribution in [-0.4, -0.2) is 41.9 Å². The van der Waals surface area contributed by atoms with E-state index in [4.69, 9.17) is 15.9 Å². The molecule has 0 aliphatic rings. The Morgan fingerprint density at radius 2 is 1.91 bits per heavy atom. The van der Waals surface area contributed by atoms with E-state index in [9.17, 15) is 0 Å². The standard InChI is InChI=1S/C23H23N11O/c24-19(32-28-14-16-3-1-10-26-13-16)17-7-5-15(6-8-17)9-11-27-22-30-21(25)34-23(31-22)29-20(33-34)18-4-2-12-35-18/h1-8,10,12-13,28H,9,11,14H2,(H2,24,32)(H3,25,27,29,30,31,33). The molecule has 0 saturated heterocycles. The molecule has 0 spiro atoms. The Morgan fingerprint density at radius 1 is 1.03 bits per heavy atom. The van der Waals surface area contributed by atoms with Crippen molar-refractivity contribution in [1.82, 2.24) is 35.0 Å². The summed E-state index contributed by atoms with van der Waals surface area (Å²) in [6.45, 7) is 1.15. The second kappa shape index (κ2) is 9.87. The van der Waals surface area contributed by atoms with Crippen LogP contribution in [0.5, 0.6) is 0 Å². The number of rotatable bonds is 9. The van der Waals surface area contributed by atoms with Gasteiger partial charge in [0.1, 0.15) is 0 Å². The number of aromatic nitrogens is 6. The zero-order valence-electron chi connectivity index (χ0n) is 18.7. The van der Waals surface area contributed by atoms with Crippen LogP contribution in [0, 0.1) is 0 Å². The van der Waals surface area contributed by atoms with E-state index in [0.29, 0.717) is 42.2 Å². The summed E-state index contributed by atoms with van der Waals surface area (Å²) in [5.41, 5.74) is 18.1. The minimum atomic E-state index is 0.180. The number of benzene rings is 1. The number of anilines is 2. The number of nitrogens with two attached hydrogens (primary N) is 2. The topological polar surface area (TPSA) is 170 Å². The van der Waals surface area contributed by atoms with Crippen molar-refractivity contribution in [3.8, 4) is 11.6 Å². The molecule has 0 saturated carbocycles. The van der Waals surface area contributed by atoms with Gasteiger partial charge in [0, 0.05) is 24.5 Å². The van der Waals surface area contributed by atoms with Crippen molar-refractivity contribution < 1.29 is 4.42 Å². The first-order valence-corrected chi connectivity index (χ1v) is 10.9. The second-order valence-electron chi connectivity index (χ2n) is 7.60. The van der Waals surface area contributed by atoms with Crippen LogP contribution in [0.25, 0.3) is 17.4 Å². The molecule has 0 aliphatic heterocycles. The lowest BCUT2D eigenvalue weighted by atomic mass is 10.1. The molecule has 35 heavy (non-hydrogen) atoms. The predicted molar refractivity (Wildman–Crippen MR) is 131 cm³/mol. The van der Waals surface area contributed by atoms with E-state index in [-0.39, 0.29) is 5.95 Å². The van der Waals surface area contributed by atoms with Crippen molar-refractivity contribution in [3.05, 3.63) is 83.9 Å². The average Bonchev–Trinajstić information content (AvgIpc) is 3.56. The molecule has 1 aromatic carbocycles. The molecule has 5 rings (SSSR count). The van der Waals surface area contributed by atoms with E-state index in [2.05, 4.69) is 40.9 Å². The molecule has 12 heteroatoms. The Hall–Kier alpha value is -5.00. The van der Waals surface area contributed by atoms with Crippen molar-refractivity contribution in [2.75, 3.05) is 17.6 Å². The first-order chi connectivity index (χ1) is 17.2. The van der Waals surface area contributed by atoms with Crippen LogP contribution >= 0.6 is 0 Å². The maximum atomic E-state index is 6.09. The van der Waals surface area contributed by atoms with Gasteiger partial charge >= 0.3 is 0 Å². The maximum Gasteiger partial charge on any atom is 0.259 e. The van der Waals surface area contributed by atoms with Crippen LogP contribution in [0.1, 0.15) is 16.7 Å². The van der Waals surface area contributed by atoms with Crippen LogP contribution in [0.15, 0.2) is 76.7 Å². The largest absolute Gasteiger partial charge is 0.461 e. The van der Waals surface area contributed by atoms with Gasteiger partial charge in [0.05, 0.1) is 12.8 Å². The van der Waals surface area contributed by atoms with Crippen molar-refractivity contribution in [2.24, 2.45) is 10.8 Å². The Bertz CT molecular complexity index is 1430. The highest BCUT2D eigenvalue weighted by atomic mass is 16.3. The second-order valence-corrected chi connectivity index (χ2v) is 7.60. The van der Waals surface area contributed by atoms with E-state index in [1.807, 2.05) is 36.4 Å². The summed E-state index contributed by atoms with van der Waals surface area (Å²) in [4.78, 5) is 17.1. The molecular weight excluding hydrogens is 446 g/mol. The van der Waals surface area contributed by atoms with Gasteiger partial charge in [-0.25, -0.2) is 0 Å². The Balaban J connectivity index is 1.16. The fourth-order valence-electron chi connectivity index (χ4n) is 3.34. The molecule has 0 amide bonds. The summed E-state index contributed by atoms with van der Waals surface area (Å²) in [7, 11) is 0. The summed E-state index contributed by atoms with van der Waals surface area (Å²) in [6.07, 6.45) is 5.81.